The van der Waals surface area contributed by atoms with Crippen LogP contribution in [0.25, 0.3) is 0 Å². The van der Waals surface area contributed by atoms with Crippen molar-refractivity contribution in [3.8, 4) is 0 Å². The third-order valence-electron chi connectivity index (χ3n) is 1.74. The number of nitrogens with zero attached hydrogens (tertiary/aromatic N) is 1. The lowest BCUT2D eigenvalue weighted by molar-refractivity contribution is -0.0578. The van der Waals surface area contributed by atoms with Gasteiger partial charge in [-0.1, -0.05) is 29.8 Å². The van der Waals surface area contributed by atoms with Crippen LogP contribution in [0.5, 0.6) is 0 Å². The van der Waals surface area contributed by atoms with Gasteiger partial charge in [0, 0.05) is 5.56 Å². The highest BCUT2D eigenvalue weighted by atomic mass is 32.2. The summed E-state index contributed by atoms with van der Waals surface area (Å²) in [5.74, 6) is 0. The molecular weight excluding hydrogens is 225 g/mol. The second-order valence-corrected chi connectivity index (χ2v) is 3.30. The molecule has 0 spiro atoms. The Kier molecular flexibility index (Phi) is 3.76. The molecule has 0 radical (unpaired) electrons. The maximum absolute atomic E-state index is 12.5. The highest BCUT2D eigenvalue weighted by molar-refractivity contribution is 7.95. The summed E-state index contributed by atoms with van der Waals surface area (Å²) in [5, 5.41) is 4.92. The molecule has 0 aliphatic rings. The third kappa shape index (κ3) is 3.24. The van der Waals surface area contributed by atoms with Gasteiger partial charge < -0.3 is 0 Å². The van der Waals surface area contributed by atoms with Crippen LogP contribution in [0.4, 0.5) is 13.2 Å². The minimum Gasteiger partial charge on any atom is -0.258 e. The zero-order valence-electron chi connectivity index (χ0n) is 7.88. The average Bonchev–Trinajstić information content (AvgIpc) is 2.14. The van der Waals surface area contributed by atoms with Crippen LogP contribution in [0.2, 0.25) is 0 Å². The monoisotopic (exact) mass is 234 g/mol. The fourth-order valence-electron chi connectivity index (χ4n) is 1.03. The fourth-order valence-corrected chi connectivity index (χ4v) is 1.35. The molecule has 1 rings (SSSR count). The first-order chi connectivity index (χ1) is 6.95. The van der Waals surface area contributed by atoms with Crippen LogP contribution in [0.1, 0.15) is 11.1 Å². The normalized spacial score (nSPS) is 13.0. The van der Waals surface area contributed by atoms with E-state index >= 15 is 0 Å². The van der Waals surface area contributed by atoms with Crippen LogP contribution in [-0.4, -0.2) is 11.9 Å². The van der Waals surface area contributed by atoms with Crippen LogP contribution in [0, 0.1) is 6.92 Å². The third-order valence-corrected chi connectivity index (χ3v) is 2.03. The fraction of sp³-hybridized carbons (Fsp3) is 0.222. The van der Waals surface area contributed by atoms with Crippen molar-refractivity contribution in [3.63, 3.8) is 0 Å². The van der Waals surface area contributed by atoms with E-state index in [2.05, 4.69) is 4.40 Å². The minimum absolute atomic E-state index is 0.0195. The molecule has 0 unspecified atom stereocenters. The SMILES string of the molecule is Cc1ccc(/C(=N\SN)C(F)(F)F)cc1. The molecule has 0 heterocycles. The van der Waals surface area contributed by atoms with Gasteiger partial charge in [-0.2, -0.15) is 17.6 Å². The Balaban J connectivity index is 3.11. The molecule has 0 aliphatic carbocycles. The van der Waals surface area contributed by atoms with Crippen molar-refractivity contribution in [1.29, 1.82) is 0 Å². The summed E-state index contributed by atoms with van der Waals surface area (Å²) in [6, 6.07) is 5.94. The predicted octanol–water partition coefficient (Wildman–Crippen LogP) is 2.87. The first kappa shape index (κ1) is 12.1. The van der Waals surface area contributed by atoms with Gasteiger partial charge in [0.25, 0.3) is 0 Å². The lowest BCUT2D eigenvalue weighted by Gasteiger charge is -2.09. The van der Waals surface area contributed by atoms with Crippen molar-refractivity contribution < 1.29 is 13.2 Å². The molecule has 15 heavy (non-hydrogen) atoms. The van der Waals surface area contributed by atoms with E-state index in [1.54, 1.807) is 19.1 Å². The number of aryl methyl sites for hydroxylation is 1. The molecule has 2 nitrogen and oxygen atoms in total. The lowest BCUT2D eigenvalue weighted by Crippen LogP contribution is -2.23. The Hall–Kier alpha value is -1.01. The Morgan fingerprint density at radius 3 is 2.20 bits per heavy atom. The topological polar surface area (TPSA) is 38.4 Å². The highest BCUT2D eigenvalue weighted by Gasteiger charge is 2.36. The van der Waals surface area contributed by atoms with Gasteiger partial charge in [-0.25, -0.2) is 0 Å². The van der Waals surface area contributed by atoms with Crippen molar-refractivity contribution in [3.05, 3.63) is 35.4 Å². The number of hydrogen-bond donors (Lipinski definition) is 1. The second-order valence-electron chi connectivity index (χ2n) is 2.91. The maximum Gasteiger partial charge on any atom is 0.434 e. The van der Waals surface area contributed by atoms with E-state index in [4.69, 9.17) is 5.14 Å². The van der Waals surface area contributed by atoms with Crippen molar-refractivity contribution in [2.24, 2.45) is 9.54 Å². The van der Waals surface area contributed by atoms with E-state index in [1.165, 1.54) is 12.1 Å². The summed E-state index contributed by atoms with van der Waals surface area (Å²) in [7, 11) is 0. The molecular formula is C9H9F3N2S. The van der Waals surface area contributed by atoms with Gasteiger partial charge in [-0.3, -0.25) is 5.14 Å². The Morgan fingerprint density at radius 1 is 1.27 bits per heavy atom. The number of benzene rings is 1. The van der Waals surface area contributed by atoms with Crippen LogP contribution >= 0.6 is 12.1 Å². The molecule has 1 aromatic rings. The first-order valence-electron chi connectivity index (χ1n) is 4.03. The molecule has 0 aliphatic heterocycles. The Bertz CT molecular complexity index is 357. The van der Waals surface area contributed by atoms with Crippen LogP contribution < -0.4 is 5.14 Å². The largest absolute Gasteiger partial charge is 0.434 e. The second kappa shape index (κ2) is 4.67. The molecule has 6 heteroatoms. The summed E-state index contributed by atoms with van der Waals surface area (Å²) in [4.78, 5) is 0. The molecule has 0 bridgehead atoms. The summed E-state index contributed by atoms with van der Waals surface area (Å²) < 4.78 is 40.7. The smallest absolute Gasteiger partial charge is 0.258 e. The lowest BCUT2D eigenvalue weighted by atomic mass is 10.1. The van der Waals surface area contributed by atoms with E-state index < -0.39 is 11.9 Å². The van der Waals surface area contributed by atoms with Crippen LogP contribution in [-0.2, 0) is 0 Å². The van der Waals surface area contributed by atoms with E-state index in [1.807, 2.05) is 0 Å². The van der Waals surface area contributed by atoms with Crippen molar-refractivity contribution in [2.45, 2.75) is 13.1 Å². The van der Waals surface area contributed by atoms with Gasteiger partial charge in [0.2, 0.25) is 0 Å². The highest BCUT2D eigenvalue weighted by Crippen LogP contribution is 2.24. The van der Waals surface area contributed by atoms with Gasteiger partial charge in [-0.05, 0) is 6.92 Å². The molecule has 0 fully saturated rings. The van der Waals surface area contributed by atoms with Crippen molar-refractivity contribution in [1.82, 2.24) is 0 Å². The van der Waals surface area contributed by atoms with E-state index in [9.17, 15) is 13.2 Å². The molecule has 0 saturated heterocycles. The number of nitrogens with two attached hydrogens (primary N) is 1. The molecule has 1 aromatic carbocycles. The zero-order valence-corrected chi connectivity index (χ0v) is 8.69. The number of halogens is 3. The number of alkyl halides is 3. The van der Waals surface area contributed by atoms with Crippen molar-refractivity contribution >= 4 is 17.8 Å². The average molecular weight is 234 g/mol. The van der Waals surface area contributed by atoms with Gasteiger partial charge >= 0.3 is 6.18 Å². The molecule has 0 aromatic heterocycles. The van der Waals surface area contributed by atoms with Crippen molar-refractivity contribution in [2.75, 3.05) is 0 Å². The molecule has 0 atom stereocenters. The quantitative estimate of drug-likeness (QED) is 0.631. The summed E-state index contributed by atoms with van der Waals surface area (Å²) in [6.45, 7) is 1.80. The van der Waals surface area contributed by atoms with E-state index in [0.717, 1.165) is 5.56 Å². The Labute approximate surface area is 89.7 Å². The van der Waals surface area contributed by atoms with Gasteiger partial charge in [0.1, 0.15) is 0 Å². The number of rotatable bonds is 2. The van der Waals surface area contributed by atoms with E-state index in [0.29, 0.717) is 12.1 Å². The number of hydrogen-bond acceptors (Lipinski definition) is 3. The summed E-state index contributed by atoms with van der Waals surface area (Å²) in [6.07, 6.45) is -4.48. The maximum atomic E-state index is 12.5. The standard InChI is InChI=1S/C9H9F3N2S/c1-6-2-4-7(5-3-6)8(14-15-13)9(10,11)12/h2-5H,13H2,1H3/b14-8+. The van der Waals surface area contributed by atoms with Crippen LogP contribution in [0.3, 0.4) is 0 Å². The molecule has 0 saturated carbocycles. The molecule has 82 valence electrons. The Morgan fingerprint density at radius 2 is 1.80 bits per heavy atom. The summed E-state index contributed by atoms with van der Waals surface area (Å²) >= 11 is 0.304. The van der Waals surface area contributed by atoms with Gasteiger partial charge in [0.05, 0.1) is 12.1 Å². The predicted molar refractivity (Wildman–Crippen MR) is 55.5 cm³/mol. The van der Waals surface area contributed by atoms with Gasteiger partial charge in [0.15, 0.2) is 5.71 Å². The van der Waals surface area contributed by atoms with E-state index in [-0.39, 0.29) is 5.56 Å². The minimum atomic E-state index is -4.48. The van der Waals surface area contributed by atoms with Gasteiger partial charge in [-0.15, -0.1) is 0 Å². The first-order valence-corrected chi connectivity index (χ1v) is 4.87. The summed E-state index contributed by atoms with van der Waals surface area (Å²) in [5.41, 5.74) is -0.0540. The molecule has 2 N–H and O–H groups in total. The zero-order chi connectivity index (χ0) is 11.5. The molecule has 0 amide bonds. The van der Waals surface area contributed by atoms with Crippen LogP contribution in [0.15, 0.2) is 28.7 Å².